The summed E-state index contributed by atoms with van der Waals surface area (Å²) in [6, 6.07) is 9.04. The molecule has 0 aromatic heterocycles. The maximum absolute atomic E-state index is 12.8. The van der Waals surface area contributed by atoms with Crippen LogP contribution in [-0.2, 0) is 9.59 Å². The number of carbonyl (C=O) groups is 3. The molecule has 0 spiro atoms. The second-order valence-electron chi connectivity index (χ2n) is 6.69. The summed E-state index contributed by atoms with van der Waals surface area (Å²) >= 11 is 0. The zero-order chi connectivity index (χ0) is 21.3. The van der Waals surface area contributed by atoms with Gasteiger partial charge >= 0.3 is 6.03 Å². The average Bonchev–Trinajstić information content (AvgIpc) is 2.66. The van der Waals surface area contributed by atoms with Crippen molar-refractivity contribution in [1.82, 2.24) is 5.32 Å². The van der Waals surface area contributed by atoms with Crippen molar-refractivity contribution in [3.05, 3.63) is 69.3 Å². The molecule has 2 aromatic rings. The molecule has 9 heteroatoms. The molecule has 1 aliphatic rings. The minimum Gasteiger partial charge on any atom is -0.868 e. The monoisotopic (exact) mass is 394 g/mol. The number of nitro benzene ring substituents is 1. The predicted molar refractivity (Wildman–Crippen MR) is 102 cm³/mol. The van der Waals surface area contributed by atoms with E-state index >= 15 is 0 Å². The first kappa shape index (κ1) is 19.7. The van der Waals surface area contributed by atoms with Gasteiger partial charge in [-0.25, -0.2) is 9.69 Å². The molecule has 1 heterocycles. The highest BCUT2D eigenvalue weighted by atomic mass is 16.6. The molecule has 0 bridgehead atoms. The predicted octanol–water partition coefficient (Wildman–Crippen LogP) is 2.46. The topological polar surface area (TPSA) is 133 Å². The van der Waals surface area contributed by atoms with E-state index in [0.29, 0.717) is 0 Å². The molecule has 1 aliphatic heterocycles. The highest BCUT2D eigenvalue weighted by molar-refractivity contribution is 6.39. The van der Waals surface area contributed by atoms with Crippen molar-refractivity contribution in [2.24, 2.45) is 0 Å². The van der Waals surface area contributed by atoms with E-state index in [9.17, 15) is 29.6 Å². The first-order valence-corrected chi connectivity index (χ1v) is 8.66. The van der Waals surface area contributed by atoms with Crippen LogP contribution in [0, 0.1) is 10.1 Å². The fourth-order valence-electron chi connectivity index (χ4n) is 2.83. The number of carbonyl (C=O) groups excluding carboxylic acids is 3. The summed E-state index contributed by atoms with van der Waals surface area (Å²) in [5, 5.41) is 24.5. The number of rotatable bonds is 4. The summed E-state index contributed by atoms with van der Waals surface area (Å²) in [4.78, 5) is 48.2. The Kier molecular flexibility index (Phi) is 5.14. The van der Waals surface area contributed by atoms with E-state index in [1.54, 1.807) is 24.3 Å². The van der Waals surface area contributed by atoms with Crippen molar-refractivity contribution in [2.45, 2.75) is 19.8 Å². The van der Waals surface area contributed by atoms with Crippen LogP contribution in [0.2, 0.25) is 0 Å². The van der Waals surface area contributed by atoms with Crippen molar-refractivity contribution < 1.29 is 24.4 Å². The van der Waals surface area contributed by atoms with Crippen molar-refractivity contribution in [3.8, 4) is 5.75 Å². The van der Waals surface area contributed by atoms with Crippen molar-refractivity contribution in [2.75, 3.05) is 4.90 Å². The lowest BCUT2D eigenvalue weighted by Gasteiger charge is -2.26. The molecule has 9 nitrogen and oxygen atoms in total. The largest absolute Gasteiger partial charge is 0.868 e. The van der Waals surface area contributed by atoms with E-state index < -0.39 is 34.2 Å². The molecule has 0 unspecified atom stereocenters. The molecule has 2 aromatic carbocycles. The van der Waals surface area contributed by atoms with E-state index in [0.717, 1.165) is 28.7 Å². The van der Waals surface area contributed by atoms with Gasteiger partial charge in [0.1, 0.15) is 5.57 Å². The lowest BCUT2D eigenvalue weighted by molar-refractivity contribution is -0.398. The molecular weight excluding hydrogens is 378 g/mol. The molecular formula is C20H16N3O6-. The van der Waals surface area contributed by atoms with E-state index in [4.69, 9.17) is 0 Å². The van der Waals surface area contributed by atoms with Gasteiger partial charge in [-0.05, 0) is 41.0 Å². The molecule has 29 heavy (non-hydrogen) atoms. The highest BCUT2D eigenvalue weighted by Gasteiger charge is 2.36. The number of imide groups is 2. The third-order valence-electron chi connectivity index (χ3n) is 4.41. The van der Waals surface area contributed by atoms with Crippen molar-refractivity contribution in [1.29, 1.82) is 0 Å². The second-order valence-corrected chi connectivity index (χ2v) is 6.69. The van der Waals surface area contributed by atoms with Crippen molar-refractivity contribution >= 4 is 35.3 Å². The van der Waals surface area contributed by atoms with Crippen LogP contribution >= 0.6 is 0 Å². The summed E-state index contributed by atoms with van der Waals surface area (Å²) in [5.41, 5.74) is 0.330. The van der Waals surface area contributed by atoms with Gasteiger partial charge < -0.3 is 5.11 Å². The number of nitro groups is 1. The van der Waals surface area contributed by atoms with E-state index in [1.165, 1.54) is 6.07 Å². The van der Waals surface area contributed by atoms with Gasteiger partial charge in [0.2, 0.25) is 0 Å². The van der Waals surface area contributed by atoms with E-state index in [-0.39, 0.29) is 22.7 Å². The lowest BCUT2D eigenvalue weighted by atomic mass is 10.0. The molecule has 1 saturated heterocycles. The molecule has 1 N–H and O–H groups in total. The maximum atomic E-state index is 12.8. The summed E-state index contributed by atoms with van der Waals surface area (Å²) in [6.45, 7) is 4.00. The van der Waals surface area contributed by atoms with Crippen LogP contribution in [0.25, 0.3) is 6.08 Å². The Bertz CT molecular complexity index is 1060. The lowest BCUT2D eigenvalue weighted by Crippen LogP contribution is -2.54. The number of barbiturate groups is 1. The zero-order valence-corrected chi connectivity index (χ0v) is 15.5. The Balaban J connectivity index is 2.00. The molecule has 0 radical (unpaired) electrons. The maximum Gasteiger partial charge on any atom is 0.335 e. The van der Waals surface area contributed by atoms with E-state index in [1.807, 2.05) is 13.8 Å². The molecule has 4 amide bonds. The molecule has 1 fully saturated rings. The number of hydrogen-bond acceptors (Lipinski definition) is 6. The fraction of sp³-hybridized carbons (Fsp3) is 0.150. The SMILES string of the molecule is CC(C)c1ccc(N2C(=O)NC(=O)/C(=C\c3ccc([O-])c([N+](=O)[O-])c3)C2=O)cc1. The number of nitrogens with one attached hydrogen (secondary N) is 1. The van der Waals surface area contributed by atoms with Gasteiger partial charge in [-0.15, -0.1) is 0 Å². The Labute approximate surface area is 165 Å². The van der Waals surface area contributed by atoms with Crippen LogP contribution in [0.15, 0.2) is 48.0 Å². The number of nitrogens with zero attached hydrogens (tertiary/aromatic N) is 2. The van der Waals surface area contributed by atoms with E-state index in [2.05, 4.69) is 5.32 Å². The Hall–Kier alpha value is -4.01. The van der Waals surface area contributed by atoms with Crippen LogP contribution in [0.5, 0.6) is 5.75 Å². The summed E-state index contributed by atoms with van der Waals surface area (Å²) in [5.74, 6) is -2.33. The van der Waals surface area contributed by atoms with Crippen LogP contribution in [0.1, 0.15) is 30.9 Å². The van der Waals surface area contributed by atoms with Gasteiger partial charge in [-0.2, -0.15) is 0 Å². The fourth-order valence-corrected chi connectivity index (χ4v) is 2.83. The molecule has 0 aliphatic carbocycles. The Morgan fingerprint density at radius 3 is 2.31 bits per heavy atom. The first-order valence-electron chi connectivity index (χ1n) is 8.66. The molecule has 0 saturated carbocycles. The Morgan fingerprint density at radius 1 is 1.07 bits per heavy atom. The number of urea groups is 1. The normalized spacial score (nSPS) is 15.8. The first-order chi connectivity index (χ1) is 13.7. The van der Waals surface area contributed by atoms with Crippen LogP contribution in [0.3, 0.4) is 0 Å². The number of hydrogen-bond donors (Lipinski definition) is 1. The minimum absolute atomic E-state index is 0.110. The highest BCUT2D eigenvalue weighted by Crippen LogP contribution is 2.27. The summed E-state index contributed by atoms with van der Waals surface area (Å²) in [7, 11) is 0. The second kappa shape index (κ2) is 7.55. The average molecular weight is 394 g/mol. The number of anilines is 1. The van der Waals surface area contributed by atoms with Gasteiger partial charge in [0.15, 0.2) is 0 Å². The van der Waals surface area contributed by atoms with Gasteiger partial charge in [0.05, 0.1) is 10.6 Å². The zero-order valence-electron chi connectivity index (χ0n) is 15.5. The number of amides is 4. The van der Waals surface area contributed by atoms with Crippen LogP contribution < -0.4 is 15.3 Å². The van der Waals surface area contributed by atoms with Gasteiger partial charge in [0.25, 0.3) is 17.5 Å². The smallest absolute Gasteiger partial charge is 0.335 e. The quantitative estimate of drug-likeness (QED) is 0.367. The molecule has 0 atom stereocenters. The third-order valence-corrected chi connectivity index (χ3v) is 4.41. The molecule has 3 rings (SSSR count). The van der Waals surface area contributed by atoms with Gasteiger partial charge in [0, 0.05) is 6.07 Å². The molecule has 148 valence electrons. The van der Waals surface area contributed by atoms with Gasteiger partial charge in [-0.1, -0.05) is 38.1 Å². The standard InChI is InChI=1S/C20H17N3O6/c1-11(2)13-4-6-14(7-5-13)22-19(26)15(18(25)21-20(22)27)9-12-3-8-17(24)16(10-12)23(28)29/h3-11,24H,1-2H3,(H,21,25,27)/p-1/b15-9+. The third kappa shape index (κ3) is 3.84. The summed E-state index contributed by atoms with van der Waals surface area (Å²) in [6.07, 6.45) is 1.10. The van der Waals surface area contributed by atoms with Crippen LogP contribution in [0.4, 0.5) is 16.2 Å². The van der Waals surface area contributed by atoms with Gasteiger partial charge in [-0.3, -0.25) is 25.0 Å². The summed E-state index contributed by atoms with van der Waals surface area (Å²) < 4.78 is 0. The van der Waals surface area contributed by atoms with Crippen LogP contribution in [-0.4, -0.2) is 22.8 Å². The Morgan fingerprint density at radius 2 is 1.72 bits per heavy atom. The van der Waals surface area contributed by atoms with Crippen molar-refractivity contribution in [3.63, 3.8) is 0 Å². The number of benzene rings is 2. The minimum atomic E-state index is -0.927.